The second kappa shape index (κ2) is 16.8. The molecule has 56 heavy (non-hydrogen) atoms. The lowest BCUT2D eigenvalue weighted by molar-refractivity contribution is 0.0817. The molecule has 4 aromatic rings. The zero-order chi connectivity index (χ0) is 39.3. The maximum atomic E-state index is 13.7. The van der Waals surface area contributed by atoms with Gasteiger partial charge in [0.1, 0.15) is 5.75 Å². The smallest absolute Gasteiger partial charge is 0.260 e. The van der Waals surface area contributed by atoms with Crippen LogP contribution < -0.4 is 19.5 Å². The van der Waals surface area contributed by atoms with Gasteiger partial charge in [0.2, 0.25) is 0 Å². The first-order chi connectivity index (χ1) is 27.2. The lowest BCUT2D eigenvalue weighted by Gasteiger charge is -2.19. The quantitative estimate of drug-likeness (QED) is 0.162. The molecule has 1 unspecified atom stereocenters. The third-order valence-corrected chi connectivity index (χ3v) is 10.5. The third-order valence-electron chi connectivity index (χ3n) is 10.5. The van der Waals surface area contributed by atoms with Crippen molar-refractivity contribution in [1.29, 1.82) is 0 Å². The van der Waals surface area contributed by atoms with Gasteiger partial charge in [0.25, 0.3) is 5.91 Å². The minimum absolute atomic E-state index is 0.0376. The van der Waals surface area contributed by atoms with Crippen molar-refractivity contribution in [2.45, 2.75) is 59.4 Å². The van der Waals surface area contributed by atoms with Crippen molar-refractivity contribution in [3.63, 3.8) is 0 Å². The van der Waals surface area contributed by atoms with Crippen LogP contribution >= 0.6 is 0 Å². The normalized spacial score (nSPS) is 19.0. The minimum atomic E-state index is -0.220. The predicted molar refractivity (Wildman–Crippen MR) is 226 cm³/mol. The van der Waals surface area contributed by atoms with Crippen molar-refractivity contribution in [2.24, 2.45) is 21.8 Å². The lowest BCUT2D eigenvalue weighted by Crippen LogP contribution is -2.32. The molecule has 3 heterocycles. The van der Waals surface area contributed by atoms with Crippen LogP contribution in [0.1, 0.15) is 82.5 Å². The number of carbonyl (C=O) groups excluding carboxylic acids is 2. The van der Waals surface area contributed by atoms with Crippen LogP contribution in [0.2, 0.25) is 0 Å². The number of nitrogens with zero attached hydrogens (tertiary/aromatic N) is 3. The first-order valence-corrected chi connectivity index (χ1v) is 19.5. The molecule has 0 aromatic heterocycles. The minimum Gasteiger partial charge on any atom is -0.493 e. The molecule has 0 radical (unpaired) electrons. The SMILES string of the molecule is CCC.CNc1ccc(C2=CN3C(=O)c4cc(OC)c(OCCCOc5cc6c(cc5C)C(=O)C5C=C(c7ccc(C)cc7)C[C@H]5C=N6)cc4N=C[C@@H]3C2)cc1. The summed E-state index contributed by atoms with van der Waals surface area (Å²) >= 11 is 0. The van der Waals surface area contributed by atoms with Gasteiger partial charge in [-0.3, -0.25) is 19.6 Å². The number of ether oxygens (including phenoxy) is 3. The van der Waals surface area contributed by atoms with Gasteiger partial charge in [0.05, 0.1) is 43.3 Å². The van der Waals surface area contributed by atoms with Crippen LogP contribution in [-0.4, -0.2) is 62.4 Å². The van der Waals surface area contributed by atoms with Crippen molar-refractivity contribution in [3.05, 3.63) is 118 Å². The molecule has 0 saturated heterocycles. The van der Waals surface area contributed by atoms with Crippen LogP contribution in [0, 0.1) is 25.7 Å². The summed E-state index contributed by atoms with van der Waals surface area (Å²) in [6, 6.07) is 23.8. The monoisotopic (exact) mass is 750 g/mol. The van der Waals surface area contributed by atoms with Gasteiger partial charge in [-0.2, -0.15) is 0 Å². The van der Waals surface area contributed by atoms with Gasteiger partial charge >= 0.3 is 0 Å². The van der Waals surface area contributed by atoms with Crippen molar-refractivity contribution in [2.75, 3.05) is 32.7 Å². The molecule has 0 fully saturated rings. The fourth-order valence-corrected chi connectivity index (χ4v) is 7.52. The number of carbonyl (C=O) groups is 2. The van der Waals surface area contributed by atoms with E-state index in [2.05, 4.69) is 68.6 Å². The van der Waals surface area contributed by atoms with E-state index in [1.54, 1.807) is 24.1 Å². The number of benzene rings is 4. The number of methoxy groups -OCH3 is 1. The Morgan fingerprint density at radius 2 is 1.41 bits per heavy atom. The van der Waals surface area contributed by atoms with Gasteiger partial charge in [-0.15, -0.1) is 0 Å². The molecule has 0 saturated carbocycles. The Morgan fingerprint density at radius 3 is 2.12 bits per heavy atom. The maximum absolute atomic E-state index is 13.7. The summed E-state index contributed by atoms with van der Waals surface area (Å²) in [6.07, 6.45) is 11.2. The summed E-state index contributed by atoms with van der Waals surface area (Å²) in [4.78, 5) is 38.7. The van der Waals surface area contributed by atoms with Crippen molar-refractivity contribution in [3.8, 4) is 17.2 Å². The highest BCUT2D eigenvalue weighted by molar-refractivity contribution is 6.08. The van der Waals surface area contributed by atoms with Gasteiger partial charge in [-0.25, -0.2) is 0 Å². The van der Waals surface area contributed by atoms with E-state index in [4.69, 9.17) is 24.2 Å². The van der Waals surface area contributed by atoms with E-state index in [1.807, 2.05) is 56.9 Å². The molecular weight excluding hydrogens is 701 g/mol. The average molecular weight is 751 g/mol. The molecule has 0 bridgehead atoms. The van der Waals surface area contributed by atoms with Crippen LogP contribution in [0.5, 0.6) is 17.2 Å². The molecule has 9 nitrogen and oxygen atoms in total. The third kappa shape index (κ3) is 7.89. The number of aryl methyl sites for hydroxylation is 2. The lowest BCUT2D eigenvalue weighted by atomic mass is 9.89. The van der Waals surface area contributed by atoms with Gasteiger partial charge in [-0.05, 0) is 72.4 Å². The number of anilines is 1. The molecule has 0 spiro atoms. The standard InChI is InChI=1S/C44H42N4O5.C3H8/c1-26-6-8-28(9-7-26)30-17-31-23-46-38-21-40(27(2)16-36(38)43(49)35(31)19-30)52-14-5-15-53-42-22-39-37(20-41(42)51-4)44(50)48-25-32(18-34(48)24-47-39)29-10-12-33(45-3)13-11-29;1-3-2/h6-13,16,19-25,31,34-35,45H,5,14-15,17-18H2,1-4H3;3H2,1-2H3/t31-,34-,35?;/m0./s1. The summed E-state index contributed by atoms with van der Waals surface area (Å²) in [5.41, 5.74) is 9.96. The number of aliphatic imine (C=N–C) groups is 2. The van der Waals surface area contributed by atoms with Crippen molar-refractivity contribution in [1.82, 2.24) is 4.90 Å². The Balaban J connectivity index is 0.00000155. The van der Waals surface area contributed by atoms with Crippen LogP contribution in [-0.2, 0) is 0 Å². The van der Waals surface area contributed by atoms with Gasteiger partial charge in [0, 0.05) is 73.7 Å². The van der Waals surface area contributed by atoms with Crippen LogP contribution in [0.15, 0.2) is 95.1 Å². The number of nitrogens with one attached hydrogen (secondary N) is 1. The van der Waals surface area contributed by atoms with E-state index in [-0.39, 0.29) is 29.6 Å². The van der Waals surface area contributed by atoms with E-state index in [0.29, 0.717) is 65.8 Å². The number of allylic oxidation sites excluding steroid dienone is 2. The van der Waals surface area contributed by atoms with Crippen LogP contribution in [0.25, 0.3) is 11.1 Å². The molecule has 4 aromatic carbocycles. The summed E-state index contributed by atoms with van der Waals surface area (Å²) in [7, 11) is 3.45. The fourth-order valence-electron chi connectivity index (χ4n) is 7.52. The Kier molecular flexibility index (Phi) is 11.5. The van der Waals surface area contributed by atoms with Gasteiger partial charge < -0.3 is 24.4 Å². The molecule has 1 aliphatic carbocycles. The summed E-state index contributed by atoms with van der Waals surface area (Å²) in [5.74, 6) is 1.46. The van der Waals surface area contributed by atoms with Crippen molar-refractivity contribution >= 4 is 52.3 Å². The Bertz CT molecular complexity index is 2240. The number of rotatable bonds is 10. The Hall–Kier alpha value is -5.96. The number of hydrogen-bond donors (Lipinski definition) is 1. The largest absolute Gasteiger partial charge is 0.493 e. The van der Waals surface area contributed by atoms with Gasteiger partial charge in [0.15, 0.2) is 17.3 Å². The maximum Gasteiger partial charge on any atom is 0.260 e. The van der Waals surface area contributed by atoms with Gasteiger partial charge in [-0.1, -0.05) is 68.3 Å². The van der Waals surface area contributed by atoms with Crippen molar-refractivity contribution < 1.29 is 23.8 Å². The van der Waals surface area contributed by atoms with E-state index < -0.39 is 0 Å². The average Bonchev–Trinajstić information content (AvgIpc) is 3.79. The fraction of sp³-hybridized carbons (Fsp3) is 0.319. The Morgan fingerprint density at radius 1 is 0.768 bits per heavy atom. The van der Waals surface area contributed by atoms with E-state index >= 15 is 0 Å². The molecule has 1 amide bonds. The number of amides is 1. The molecule has 3 atom stereocenters. The molecule has 4 aliphatic rings. The second-order valence-electron chi connectivity index (χ2n) is 14.8. The van der Waals surface area contributed by atoms with E-state index in [1.165, 1.54) is 17.6 Å². The number of ketones is 1. The van der Waals surface area contributed by atoms with Crippen LogP contribution in [0.3, 0.4) is 0 Å². The molecule has 8 rings (SSSR count). The molecular formula is C47H50N4O5. The number of hydrogen-bond acceptors (Lipinski definition) is 8. The molecule has 9 heteroatoms. The zero-order valence-corrected chi connectivity index (χ0v) is 33.1. The molecule has 1 N–H and O–H groups in total. The molecule has 3 aliphatic heterocycles. The second-order valence-corrected chi connectivity index (χ2v) is 14.8. The summed E-state index contributed by atoms with van der Waals surface area (Å²) in [6.45, 7) is 9.05. The highest BCUT2D eigenvalue weighted by atomic mass is 16.5. The highest BCUT2D eigenvalue weighted by Gasteiger charge is 2.36. The molecule has 288 valence electrons. The first-order valence-electron chi connectivity index (χ1n) is 19.5. The number of Topliss-reactive ketones (excluding diaryl/α,β-unsaturated/α-hetero) is 1. The van der Waals surface area contributed by atoms with E-state index in [9.17, 15) is 9.59 Å². The highest BCUT2D eigenvalue weighted by Crippen LogP contribution is 2.43. The first kappa shape index (κ1) is 38.3. The topological polar surface area (TPSA) is 102 Å². The zero-order valence-electron chi connectivity index (χ0n) is 33.1. The predicted octanol–water partition coefficient (Wildman–Crippen LogP) is 10.2. The van der Waals surface area contributed by atoms with E-state index in [0.717, 1.165) is 34.4 Å². The summed E-state index contributed by atoms with van der Waals surface area (Å²) < 4.78 is 18.0. The van der Waals surface area contributed by atoms with Crippen LogP contribution in [0.4, 0.5) is 17.1 Å². The number of fused-ring (bicyclic) bond motifs is 4. The summed E-state index contributed by atoms with van der Waals surface area (Å²) in [5, 5.41) is 3.14. The Labute approximate surface area is 329 Å².